The Morgan fingerprint density at radius 1 is 0.864 bits per heavy atom. The quantitative estimate of drug-likeness (QED) is 0.671. The van der Waals surface area contributed by atoms with Crippen LogP contribution in [-0.4, -0.2) is 32.4 Å². The van der Waals surface area contributed by atoms with Crippen LogP contribution in [0.2, 0.25) is 0 Å². The number of aliphatic carboxylic acids is 2. The number of carboxylic acid groups (broad SMARTS) is 2. The minimum Gasteiger partial charge on any atom is -0.508 e. The van der Waals surface area contributed by atoms with E-state index in [1.54, 1.807) is 0 Å². The van der Waals surface area contributed by atoms with E-state index in [-0.39, 0.29) is 22.6 Å². The number of hydrogen-bond acceptors (Lipinski definition) is 4. The Bertz CT molecular complexity index is 677. The molecule has 2 aromatic carbocycles. The van der Waals surface area contributed by atoms with Crippen molar-refractivity contribution in [1.82, 2.24) is 0 Å². The monoisotopic (exact) mass is 302 g/mol. The lowest BCUT2D eigenvalue weighted by molar-refractivity contribution is -0.148. The smallest absolute Gasteiger partial charge is 0.319 e. The van der Waals surface area contributed by atoms with Crippen LogP contribution in [0, 0.1) is 0 Å². The largest absolute Gasteiger partial charge is 0.508 e. The summed E-state index contributed by atoms with van der Waals surface area (Å²) >= 11 is 0. The fourth-order valence-corrected chi connectivity index (χ4v) is 2.46. The first kappa shape index (κ1) is 15.4. The molecule has 0 unspecified atom stereocenters. The second-order valence-electron chi connectivity index (χ2n) is 4.88. The molecule has 2 rings (SSSR count). The van der Waals surface area contributed by atoms with Crippen LogP contribution < -0.4 is 0 Å². The van der Waals surface area contributed by atoms with Crippen molar-refractivity contribution in [2.75, 3.05) is 0 Å². The summed E-state index contributed by atoms with van der Waals surface area (Å²) in [4.78, 5) is 23.2. The molecule has 0 amide bonds. The van der Waals surface area contributed by atoms with E-state index in [1.807, 2.05) is 0 Å². The van der Waals surface area contributed by atoms with E-state index in [4.69, 9.17) is 0 Å². The molecule has 6 heteroatoms. The molecule has 0 aliphatic rings. The second kappa shape index (κ2) is 5.77. The maximum Gasteiger partial charge on any atom is 0.319 e. The van der Waals surface area contributed by atoms with Crippen molar-refractivity contribution in [3.05, 3.63) is 59.7 Å². The lowest BCUT2D eigenvalue weighted by Gasteiger charge is -2.29. The Kier molecular flexibility index (Phi) is 4.03. The van der Waals surface area contributed by atoms with Crippen LogP contribution in [0.3, 0.4) is 0 Å². The van der Waals surface area contributed by atoms with Crippen LogP contribution in [-0.2, 0) is 15.0 Å². The van der Waals surface area contributed by atoms with Crippen LogP contribution in [0.4, 0.5) is 0 Å². The zero-order valence-electron chi connectivity index (χ0n) is 11.4. The minimum atomic E-state index is -1.91. The Hall–Kier alpha value is -3.02. The first-order chi connectivity index (χ1) is 10.4. The third kappa shape index (κ3) is 2.71. The Labute approximate surface area is 125 Å². The molecule has 0 aliphatic carbocycles. The molecule has 4 N–H and O–H groups in total. The molecule has 0 spiro atoms. The van der Waals surface area contributed by atoms with Crippen LogP contribution in [0.15, 0.2) is 48.5 Å². The van der Waals surface area contributed by atoms with Gasteiger partial charge in [0.2, 0.25) is 0 Å². The van der Waals surface area contributed by atoms with Gasteiger partial charge >= 0.3 is 11.9 Å². The van der Waals surface area contributed by atoms with Gasteiger partial charge in [0.05, 0.1) is 6.42 Å². The van der Waals surface area contributed by atoms with Gasteiger partial charge in [0, 0.05) is 0 Å². The van der Waals surface area contributed by atoms with E-state index >= 15 is 0 Å². The fourth-order valence-electron chi connectivity index (χ4n) is 2.46. The van der Waals surface area contributed by atoms with Gasteiger partial charge in [-0.3, -0.25) is 9.59 Å². The van der Waals surface area contributed by atoms with Gasteiger partial charge in [0.25, 0.3) is 0 Å². The third-order valence-corrected chi connectivity index (χ3v) is 3.46. The highest BCUT2D eigenvalue weighted by Gasteiger charge is 2.44. The molecule has 0 aliphatic heterocycles. The normalized spacial score (nSPS) is 11.1. The lowest BCUT2D eigenvalue weighted by Crippen LogP contribution is -2.39. The number of carbonyl (C=O) groups is 2. The fraction of sp³-hybridized carbons (Fsp3) is 0.125. The Morgan fingerprint density at radius 3 is 1.64 bits per heavy atom. The SMILES string of the molecule is O=C(O)CC(C(=O)O)(c1cccc(O)c1)c1cccc(O)c1. The Balaban J connectivity index is 2.77. The van der Waals surface area contributed by atoms with Crippen LogP contribution in [0.1, 0.15) is 17.5 Å². The number of phenols is 2. The van der Waals surface area contributed by atoms with E-state index in [0.29, 0.717) is 0 Å². The van der Waals surface area contributed by atoms with E-state index in [0.717, 1.165) is 0 Å². The summed E-state index contributed by atoms with van der Waals surface area (Å²) < 4.78 is 0. The summed E-state index contributed by atoms with van der Waals surface area (Å²) in [6, 6.07) is 10.9. The van der Waals surface area contributed by atoms with Crippen molar-refractivity contribution < 1.29 is 30.0 Å². The molecular weight excluding hydrogens is 288 g/mol. The predicted octanol–water partition coefficient (Wildman–Crippen LogP) is 1.94. The summed E-state index contributed by atoms with van der Waals surface area (Å²) in [7, 11) is 0. The van der Waals surface area contributed by atoms with Gasteiger partial charge in [-0.2, -0.15) is 0 Å². The average molecular weight is 302 g/mol. The second-order valence-corrected chi connectivity index (χ2v) is 4.88. The van der Waals surface area contributed by atoms with Crippen LogP contribution in [0.5, 0.6) is 11.5 Å². The number of carboxylic acids is 2. The highest BCUT2D eigenvalue weighted by molar-refractivity contribution is 5.91. The lowest BCUT2D eigenvalue weighted by atomic mass is 9.72. The number of rotatable bonds is 5. The molecule has 0 fully saturated rings. The van der Waals surface area contributed by atoms with Crippen LogP contribution in [0.25, 0.3) is 0 Å². The van der Waals surface area contributed by atoms with Gasteiger partial charge in [0.1, 0.15) is 16.9 Å². The van der Waals surface area contributed by atoms with E-state index in [2.05, 4.69) is 0 Å². The maximum atomic E-state index is 12.0. The molecule has 0 aromatic heterocycles. The molecule has 0 radical (unpaired) electrons. The molecule has 0 heterocycles. The van der Waals surface area contributed by atoms with Crippen molar-refractivity contribution >= 4 is 11.9 Å². The number of aromatic hydroxyl groups is 2. The Morgan fingerprint density at radius 2 is 1.32 bits per heavy atom. The molecule has 0 saturated heterocycles. The number of phenolic OH excluding ortho intramolecular Hbond substituents is 2. The number of hydrogen-bond donors (Lipinski definition) is 4. The third-order valence-electron chi connectivity index (χ3n) is 3.46. The summed E-state index contributed by atoms with van der Waals surface area (Å²) in [5.41, 5.74) is -1.68. The van der Waals surface area contributed by atoms with E-state index in [9.17, 15) is 30.0 Å². The first-order valence-corrected chi connectivity index (χ1v) is 6.40. The summed E-state index contributed by atoms with van der Waals surface area (Å²) in [6.07, 6.45) is -0.727. The van der Waals surface area contributed by atoms with Gasteiger partial charge in [-0.1, -0.05) is 24.3 Å². The standard InChI is InChI=1S/C16H14O6/c17-12-5-1-3-10(7-12)16(15(21)22,9-14(19)20)11-4-2-6-13(18)8-11/h1-8,17-18H,9H2,(H,19,20)(H,21,22). The van der Waals surface area contributed by atoms with Crippen LogP contribution >= 0.6 is 0 Å². The summed E-state index contributed by atoms with van der Waals surface area (Å²) in [6.45, 7) is 0. The molecule has 22 heavy (non-hydrogen) atoms. The number of benzene rings is 2. The van der Waals surface area contributed by atoms with Gasteiger partial charge in [-0.05, 0) is 35.4 Å². The van der Waals surface area contributed by atoms with Gasteiger partial charge in [0.15, 0.2) is 0 Å². The highest BCUT2D eigenvalue weighted by Crippen LogP contribution is 2.38. The van der Waals surface area contributed by atoms with Gasteiger partial charge in [-0.15, -0.1) is 0 Å². The summed E-state index contributed by atoms with van der Waals surface area (Å²) in [5.74, 6) is -3.04. The average Bonchev–Trinajstić information content (AvgIpc) is 2.44. The van der Waals surface area contributed by atoms with E-state index in [1.165, 1.54) is 48.5 Å². The molecule has 0 saturated carbocycles. The highest BCUT2D eigenvalue weighted by atomic mass is 16.4. The molecule has 114 valence electrons. The van der Waals surface area contributed by atoms with Crippen molar-refractivity contribution in [3.63, 3.8) is 0 Å². The maximum absolute atomic E-state index is 12.0. The predicted molar refractivity (Wildman–Crippen MR) is 76.9 cm³/mol. The molecular formula is C16H14O6. The summed E-state index contributed by atoms with van der Waals surface area (Å²) in [5, 5.41) is 38.1. The molecule has 0 bridgehead atoms. The van der Waals surface area contributed by atoms with Crippen molar-refractivity contribution in [2.24, 2.45) is 0 Å². The zero-order valence-corrected chi connectivity index (χ0v) is 11.4. The van der Waals surface area contributed by atoms with Gasteiger partial charge in [-0.25, -0.2) is 0 Å². The molecule has 2 aromatic rings. The molecule has 0 atom stereocenters. The van der Waals surface area contributed by atoms with Crippen molar-refractivity contribution in [1.29, 1.82) is 0 Å². The van der Waals surface area contributed by atoms with E-state index < -0.39 is 23.8 Å². The van der Waals surface area contributed by atoms with Crippen molar-refractivity contribution in [2.45, 2.75) is 11.8 Å². The topological polar surface area (TPSA) is 115 Å². The molecule has 6 nitrogen and oxygen atoms in total. The zero-order chi connectivity index (χ0) is 16.3. The van der Waals surface area contributed by atoms with Crippen molar-refractivity contribution in [3.8, 4) is 11.5 Å². The van der Waals surface area contributed by atoms with Gasteiger partial charge < -0.3 is 20.4 Å². The minimum absolute atomic E-state index is 0.119. The first-order valence-electron chi connectivity index (χ1n) is 6.40.